The third-order valence-corrected chi connectivity index (χ3v) is 20.5. The van der Waals surface area contributed by atoms with Gasteiger partial charge in [0.15, 0.2) is 18.9 Å². The fourth-order valence-electron chi connectivity index (χ4n) is 13.7. The molecular formula is C90H153NO18. The van der Waals surface area contributed by atoms with E-state index in [9.17, 15) is 61.0 Å². The van der Waals surface area contributed by atoms with Gasteiger partial charge in [0.1, 0.15) is 73.2 Å². The van der Waals surface area contributed by atoms with Crippen molar-refractivity contribution >= 4 is 5.91 Å². The van der Waals surface area contributed by atoms with Crippen molar-refractivity contribution in [2.45, 2.75) is 401 Å². The van der Waals surface area contributed by atoms with Crippen LogP contribution in [0, 0.1) is 0 Å². The first kappa shape index (κ1) is 99.1. The van der Waals surface area contributed by atoms with E-state index in [-0.39, 0.29) is 18.9 Å². The summed E-state index contributed by atoms with van der Waals surface area (Å²) in [5, 5.41) is 121. The SMILES string of the molecule is CC/C=C\C/C=C\C/C=C\C/C=C\C/C=C\C/C=C\C/C=C\C/C=C\C/C=C\C/C=C\C/C=C\CCCCCCCCCC(=O)NC(COC1OC(CO)C(OC2OC(CO)C(OC3OC(CO)C(O)C(O)C3O)C(O)C2O)C(O)C1O)C(O)CCCCCCCCCCCCCCCCCCCCCCCCC. The first-order valence-corrected chi connectivity index (χ1v) is 42.9. The highest BCUT2D eigenvalue weighted by molar-refractivity contribution is 5.76. The fraction of sp³-hybridized carbons (Fsp3) is 0.744. The summed E-state index contributed by atoms with van der Waals surface area (Å²) in [6.45, 7) is 1.70. The minimum absolute atomic E-state index is 0.246. The number of carbonyl (C=O) groups is 1. The summed E-state index contributed by atoms with van der Waals surface area (Å²) >= 11 is 0. The first-order chi connectivity index (χ1) is 53.3. The van der Waals surface area contributed by atoms with Crippen molar-refractivity contribution < 1.29 is 89.4 Å². The average Bonchev–Trinajstić information content (AvgIpc) is 0.760. The number of nitrogens with one attached hydrogen (secondary N) is 1. The molecule has 19 heteroatoms. The van der Waals surface area contributed by atoms with Crippen LogP contribution in [0.25, 0.3) is 0 Å². The summed E-state index contributed by atoms with van der Waals surface area (Å²) in [5.41, 5.74) is 0. The molecule has 3 aliphatic heterocycles. The van der Waals surface area contributed by atoms with Crippen molar-refractivity contribution in [3.63, 3.8) is 0 Å². The highest BCUT2D eigenvalue weighted by Crippen LogP contribution is 2.33. The molecule has 0 saturated carbocycles. The Bertz CT molecular complexity index is 2490. The van der Waals surface area contributed by atoms with Gasteiger partial charge in [0.25, 0.3) is 0 Å². The van der Waals surface area contributed by atoms with E-state index in [1.807, 2.05) is 0 Å². The number of hydrogen-bond acceptors (Lipinski definition) is 18. The number of ether oxygens (including phenoxy) is 6. The van der Waals surface area contributed by atoms with E-state index < -0.39 is 124 Å². The molecule has 0 aromatic rings. The Kier molecular flexibility index (Phi) is 62.2. The van der Waals surface area contributed by atoms with Crippen LogP contribution in [0.4, 0.5) is 0 Å². The second-order valence-corrected chi connectivity index (χ2v) is 29.9. The second kappa shape index (κ2) is 68.3. The molecule has 19 nitrogen and oxygen atoms in total. The van der Waals surface area contributed by atoms with Gasteiger partial charge in [-0.25, -0.2) is 0 Å². The van der Waals surface area contributed by atoms with E-state index in [2.05, 4.69) is 153 Å². The Hall–Kier alpha value is -4.07. The molecule has 3 fully saturated rings. The molecule has 0 bridgehead atoms. The molecule has 12 N–H and O–H groups in total. The molecular weight excluding hydrogens is 1380 g/mol. The van der Waals surface area contributed by atoms with Crippen molar-refractivity contribution in [3.05, 3.63) is 134 Å². The maximum Gasteiger partial charge on any atom is 0.220 e. The molecule has 626 valence electrons. The largest absolute Gasteiger partial charge is 0.394 e. The molecule has 0 radical (unpaired) electrons. The Morgan fingerprint density at radius 3 is 0.991 bits per heavy atom. The van der Waals surface area contributed by atoms with Gasteiger partial charge in [0.2, 0.25) is 5.91 Å². The van der Waals surface area contributed by atoms with E-state index in [0.717, 1.165) is 141 Å². The molecule has 1 amide bonds. The molecule has 3 heterocycles. The van der Waals surface area contributed by atoms with Gasteiger partial charge in [0.05, 0.1) is 38.6 Å². The predicted octanol–water partition coefficient (Wildman–Crippen LogP) is 15.6. The number of allylic oxidation sites excluding steroid dienone is 22. The summed E-state index contributed by atoms with van der Waals surface area (Å²) in [6.07, 6.45) is 71.0. The summed E-state index contributed by atoms with van der Waals surface area (Å²) in [6, 6.07) is -0.904. The van der Waals surface area contributed by atoms with E-state index in [0.29, 0.717) is 12.8 Å². The lowest BCUT2D eigenvalue weighted by atomic mass is 9.96. The lowest BCUT2D eigenvalue weighted by Crippen LogP contribution is -2.66. The zero-order valence-corrected chi connectivity index (χ0v) is 67.2. The minimum atomic E-state index is -1.98. The summed E-state index contributed by atoms with van der Waals surface area (Å²) in [5.74, 6) is -0.256. The van der Waals surface area contributed by atoms with Gasteiger partial charge in [-0.3, -0.25) is 4.79 Å². The maximum absolute atomic E-state index is 13.5. The standard InChI is InChI=1S/C90H153NO18/c1-3-5-7-9-11-13-15-17-19-21-23-25-27-28-29-30-31-32-33-34-35-36-37-38-39-40-41-42-43-44-46-48-50-52-54-56-58-60-62-64-66-68-78(96)91-73(74(95)67-65-63-61-59-57-55-53-51-49-47-45-26-24-22-20-18-16-14-12-10-8-6-4-2)72-104-88-84(102)81(99)86(76(70-93)106-88)109-90-85(103)82(100)87(77(71-94)107-90)108-89-83(101)80(98)79(97)75(69-92)105-89/h5,7,11,13,17,19,23,25,28-29,31-32,34-35,37-38,40-41,43-44,48,50,73-77,79-90,92-95,97-103H,3-4,6,8-10,12,14-16,18,20-22,24,26-27,30,33,36,39,42,45-47,49,51-72H2,1-2H3,(H,91,96)/b7-5-,13-11-,19-17-,25-23-,29-28-,32-31-,35-34-,38-37-,41-40-,44-43-,50-48-. The number of aliphatic hydroxyl groups excluding tert-OH is 11. The maximum atomic E-state index is 13.5. The molecule has 0 spiro atoms. The summed E-state index contributed by atoms with van der Waals surface area (Å²) < 4.78 is 34.5. The third kappa shape index (κ3) is 47.4. The third-order valence-electron chi connectivity index (χ3n) is 20.5. The lowest BCUT2D eigenvalue weighted by molar-refractivity contribution is -0.379. The van der Waals surface area contributed by atoms with Gasteiger partial charge in [-0.05, 0) is 96.3 Å². The number of rotatable bonds is 67. The first-order valence-electron chi connectivity index (χ1n) is 42.9. The van der Waals surface area contributed by atoms with Crippen LogP contribution >= 0.6 is 0 Å². The van der Waals surface area contributed by atoms with Crippen molar-refractivity contribution in [2.24, 2.45) is 0 Å². The zero-order chi connectivity index (χ0) is 78.8. The van der Waals surface area contributed by atoms with Crippen LogP contribution in [0.2, 0.25) is 0 Å². The van der Waals surface area contributed by atoms with Gasteiger partial charge in [-0.1, -0.05) is 327 Å². The lowest BCUT2D eigenvalue weighted by Gasteiger charge is -2.48. The predicted molar refractivity (Wildman–Crippen MR) is 438 cm³/mol. The number of unbranched alkanes of at least 4 members (excludes halogenated alkanes) is 29. The second-order valence-electron chi connectivity index (χ2n) is 29.9. The van der Waals surface area contributed by atoms with Crippen LogP contribution in [-0.4, -0.2) is 193 Å². The molecule has 17 atom stereocenters. The topological polar surface area (TPSA) is 307 Å². The quantitative estimate of drug-likeness (QED) is 0.0199. The highest BCUT2D eigenvalue weighted by Gasteiger charge is 2.54. The van der Waals surface area contributed by atoms with Crippen molar-refractivity contribution in [3.8, 4) is 0 Å². The van der Waals surface area contributed by atoms with Gasteiger partial charge in [-0.15, -0.1) is 0 Å². The van der Waals surface area contributed by atoms with Gasteiger partial charge < -0.3 is 89.9 Å². The molecule has 0 aromatic heterocycles. The van der Waals surface area contributed by atoms with Crippen LogP contribution in [0.5, 0.6) is 0 Å². The van der Waals surface area contributed by atoms with Gasteiger partial charge in [-0.2, -0.15) is 0 Å². The van der Waals surface area contributed by atoms with E-state index in [4.69, 9.17) is 28.4 Å². The number of hydrogen-bond donors (Lipinski definition) is 12. The number of carbonyl (C=O) groups excluding carboxylic acids is 1. The minimum Gasteiger partial charge on any atom is -0.394 e. The van der Waals surface area contributed by atoms with Crippen molar-refractivity contribution in [1.29, 1.82) is 0 Å². The Morgan fingerprint density at radius 1 is 0.339 bits per heavy atom. The monoisotopic (exact) mass is 1540 g/mol. The molecule has 3 rings (SSSR count). The molecule has 3 saturated heterocycles. The highest BCUT2D eigenvalue weighted by atomic mass is 16.8. The van der Waals surface area contributed by atoms with Gasteiger partial charge >= 0.3 is 0 Å². The van der Waals surface area contributed by atoms with E-state index >= 15 is 0 Å². The van der Waals surface area contributed by atoms with Crippen LogP contribution in [0.3, 0.4) is 0 Å². The smallest absolute Gasteiger partial charge is 0.220 e. The summed E-state index contributed by atoms with van der Waals surface area (Å²) in [7, 11) is 0. The van der Waals surface area contributed by atoms with E-state index in [1.165, 1.54) is 122 Å². The van der Waals surface area contributed by atoms with E-state index in [1.54, 1.807) is 0 Å². The molecule has 17 unspecified atom stereocenters. The van der Waals surface area contributed by atoms with Crippen LogP contribution in [0.1, 0.15) is 296 Å². The Balaban J connectivity index is 1.34. The summed E-state index contributed by atoms with van der Waals surface area (Å²) in [4.78, 5) is 13.5. The Morgan fingerprint density at radius 2 is 0.633 bits per heavy atom. The Labute approximate surface area is 658 Å². The average molecular weight is 1540 g/mol. The van der Waals surface area contributed by atoms with Crippen LogP contribution in [-0.2, 0) is 33.2 Å². The van der Waals surface area contributed by atoms with Crippen molar-refractivity contribution in [2.75, 3.05) is 26.4 Å². The number of amides is 1. The zero-order valence-electron chi connectivity index (χ0n) is 67.2. The molecule has 109 heavy (non-hydrogen) atoms. The normalized spacial score (nSPS) is 26.0. The molecule has 0 aromatic carbocycles. The van der Waals surface area contributed by atoms with Crippen LogP contribution in [0.15, 0.2) is 134 Å². The number of aliphatic hydroxyl groups is 11. The fourth-order valence-corrected chi connectivity index (χ4v) is 13.7. The van der Waals surface area contributed by atoms with Crippen LogP contribution < -0.4 is 5.32 Å². The molecule has 0 aliphatic carbocycles. The molecule has 3 aliphatic rings. The van der Waals surface area contributed by atoms with Crippen molar-refractivity contribution in [1.82, 2.24) is 5.32 Å². The van der Waals surface area contributed by atoms with Gasteiger partial charge in [0, 0.05) is 6.42 Å².